The lowest BCUT2D eigenvalue weighted by atomic mass is 10.2. The number of sulfonamides is 1. The van der Waals surface area contributed by atoms with Crippen LogP contribution in [-0.4, -0.2) is 32.7 Å². The molecule has 0 radical (unpaired) electrons. The molecule has 20 heavy (non-hydrogen) atoms. The second-order valence-corrected chi connectivity index (χ2v) is 6.40. The molecule has 108 valence electrons. The lowest BCUT2D eigenvalue weighted by Gasteiger charge is -2.18. The third kappa shape index (κ3) is 2.62. The maximum atomic E-state index is 12.5. The molecule has 0 aliphatic rings. The molecule has 1 aromatic carbocycles. The molecule has 2 N–H and O–H groups in total. The Morgan fingerprint density at radius 3 is 2.40 bits per heavy atom. The SMILES string of the molecule is Cc1n[nH]c(C)c1S(=O)(=O)Nc1ccccc1N(C)C. The fraction of sp³-hybridized carbons (Fsp3) is 0.308. The number of aromatic amines is 1. The van der Waals surface area contributed by atoms with E-state index in [0.29, 0.717) is 17.1 Å². The zero-order chi connectivity index (χ0) is 14.9. The van der Waals surface area contributed by atoms with Crippen molar-refractivity contribution in [1.29, 1.82) is 0 Å². The Kier molecular flexibility index (Phi) is 3.71. The maximum Gasteiger partial charge on any atom is 0.265 e. The molecule has 0 fully saturated rings. The van der Waals surface area contributed by atoms with E-state index in [1.165, 1.54) is 0 Å². The van der Waals surface area contributed by atoms with E-state index in [2.05, 4.69) is 14.9 Å². The topological polar surface area (TPSA) is 78.1 Å². The summed E-state index contributed by atoms with van der Waals surface area (Å²) in [5, 5.41) is 6.61. The van der Waals surface area contributed by atoms with Gasteiger partial charge < -0.3 is 4.90 Å². The number of anilines is 2. The number of aromatic nitrogens is 2. The van der Waals surface area contributed by atoms with Crippen LogP contribution in [0.4, 0.5) is 11.4 Å². The van der Waals surface area contributed by atoms with Crippen LogP contribution in [0.3, 0.4) is 0 Å². The zero-order valence-corrected chi connectivity index (χ0v) is 12.7. The first-order valence-corrected chi connectivity index (χ1v) is 7.62. The first-order chi connectivity index (χ1) is 9.33. The normalized spacial score (nSPS) is 11.4. The van der Waals surface area contributed by atoms with Crippen LogP contribution in [0.25, 0.3) is 0 Å². The second-order valence-electron chi connectivity index (χ2n) is 4.78. The van der Waals surface area contributed by atoms with Gasteiger partial charge in [-0.25, -0.2) is 8.42 Å². The minimum Gasteiger partial charge on any atom is -0.376 e. The largest absolute Gasteiger partial charge is 0.376 e. The van der Waals surface area contributed by atoms with Gasteiger partial charge in [0.05, 0.1) is 22.8 Å². The summed E-state index contributed by atoms with van der Waals surface area (Å²) in [6.45, 7) is 3.35. The molecule has 2 aromatic rings. The molecule has 1 aromatic heterocycles. The van der Waals surface area contributed by atoms with Crippen LogP contribution in [0.2, 0.25) is 0 Å². The van der Waals surface area contributed by atoms with Crippen molar-refractivity contribution >= 4 is 21.4 Å². The van der Waals surface area contributed by atoms with Gasteiger partial charge in [0, 0.05) is 14.1 Å². The number of aryl methyl sites for hydroxylation is 2. The van der Waals surface area contributed by atoms with Crippen molar-refractivity contribution in [2.24, 2.45) is 0 Å². The highest BCUT2D eigenvalue weighted by Crippen LogP contribution is 2.27. The molecule has 0 bridgehead atoms. The van der Waals surface area contributed by atoms with Crippen LogP contribution < -0.4 is 9.62 Å². The van der Waals surface area contributed by atoms with E-state index in [0.717, 1.165) is 5.69 Å². The first kappa shape index (κ1) is 14.4. The molecule has 1 heterocycles. The fourth-order valence-corrected chi connectivity index (χ4v) is 3.53. The molecule has 0 saturated carbocycles. The summed E-state index contributed by atoms with van der Waals surface area (Å²) in [6.07, 6.45) is 0. The molecule has 0 aliphatic carbocycles. The van der Waals surface area contributed by atoms with Crippen LogP contribution in [0.1, 0.15) is 11.4 Å². The summed E-state index contributed by atoms with van der Waals surface area (Å²) in [6, 6.07) is 7.24. The minimum atomic E-state index is -3.66. The lowest BCUT2D eigenvalue weighted by Crippen LogP contribution is -2.18. The van der Waals surface area contributed by atoms with E-state index in [9.17, 15) is 8.42 Å². The van der Waals surface area contributed by atoms with E-state index >= 15 is 0 Å². The first-order valence-electron chi connectivity index (χ1n) is 6.13. The molecule has 0 saturated heterocycles. The van der Waals surface area contributed by atoms with Gasteiger partial charge in [-0.05, 0) is 26.0 Å². The molecule has 6 nitrogen and oxygen atoms in total. The number of para-hydroxylation sites is 2. The van der Waals surface area contributed by atoms with Gasteiger partial charge >= 0.3 is 0 Å². The minimum absolute atomic E-state index is 0.200. The summed E-state index contributed by atoms with van der Waals surface area (Å²) in [4.78, 5) is 2.05. The second kappa shape index (κ2) is 5.16. The third-order valence-corrected chi connectivity index (χ3v) is 4.59. The van der Waals surface area contributed by atoms with Crippen molar-refractivity contribution in [3.8, 4) is 0 Å². The highest BCUT2D eigenvalue weighted by molar-refractivity contribution is 7.92. The molecule has 0 unspecified atom stereocenters. The molecule has 2 rings (SSSR count). The Balaban J connectivity index is 2.45. The standard InChI is InChI=1S/C13H18N4O2S/c1-9-13(10(2)15-14-9)20(18,19)16-11-7-5-6-8-12(11)17(3)4/h5-8,16H,1-4H3,(H,14,15). The van der Waals surface area contributed by atoms with Gasteiger partial charge in [0.1, 0.15) is 4.90 Å². The van der Waals surface area contributed by atoms with Crippen LogP contribution in [-0.2, 0) is 10.0 Å². The summed E-state index contributed by atoms with van der Waals surface area (Å²) < 4.78 is 27.6. The summed E-state index contributed by atoms with van der Waals surface area (Å²) in [5.74, 6) is 0. The predicted octanol–water partition coefficient (Wildman–Crippen LogP) is 1.89. The monoisotopic (exact) mass is 294 g/mol. The zero-order valence-electron chi connectivity index (χ0n) is 11.9. The highest BCUT2D eigenvalue weighted by Gasteiger charge is 2.23. The number of nitrogens with one attached hydrogen (secondary N) is 2. The molecule has 0 spiro atoms. The van der Waals surface area contributed by atoms with Gasteiger partial charge in [-0.15, -0.1) is 0 Å². The van der Waals surface area contributed by atoms with Crippen molar-refractivity contribution in [3.05, 3.63) is 35.7 Å². The number of hydrogen-bond donors (Lipinski definition) is 2. The van der Waals surface area contributed by atoms with E-state index in [1.54, 1.807) is 26.0 Å². The van der Waals surface area contributed by atoms with Gasteiger partial charge in [-0.1, -0.05) is 12.1 Å². The van der Waals surface area contributed by atoms with Gasteiger partial charge in [-0.2, -0.15) is 5.10 Å². The Morgan fingerprint density at radius 2 is 1.85 bits per heavy atom. The molecule has 7 heteroatoms. The Labute approximate surface area is 118 Å². The summed E-state index contributed by atoms with van der Waals surface area (Å²) in [7, 11) is 0.0674. The molecule has 0 amide bonds. The number of nitrogens with zero attached hydrogens (tertiary/aromatic N) is 2. The van der Waals surface area contributed by atoms with Crippen LogP contribution in [0, 0.1) is 13.8 Å². The van der Waals surface area contributed by atoms with Crippen LogP contribution >= 0.6 is 0 Å². The van der Waals surface area contributed by atoms with Crippen molar-refractivity contribution < 1.29 is 8.42 Å². The van der Waals surface area contributed by atoms with Gasteiger partial charge in [0.2, 0.25) is 0 Å². The lowest BCUT2D eigenvalue weighted by molar-refractivity contribution is 0.600. The highest BCUT2D eigenvalue weighted by atomic mass is 32.2. The number of benzene rings is 1. The number of hydrogen-bond acceptors (Lipinski definition) is 4. The third-order valence-electron chi connectivity index (χ3n) is 2.96. The van der Waals surface area contributed by atoms with E-state index in [-0.39, 0.29) is 4.90 Å². The maximum absolute atomic E-state index is 12.5. The molecule has 0 atom stereocenters. The summed E-state index contributed by atoms with van der Waals surface area (Å²) in [5.41, 5.74) is 2.32. The van der Waals surface area contributed by atoms with Gasteiger partial charge in [0.25, 0.3) is 10.0 Å². The van der Waals surface area contributed by atoms with E-state index in [4.69, 9.17) is 0 Å². The number of rotatable bonds is 4. The Bertz CT molecular complexity index is 700. The van der Waals surface area contributed by atoms with E-state index < -0.39 is 10.0 Å². The fourth-order valence-electron chi connectivity index (χ4n) is 2.08. The molecule has 0 aliphatic heterocycles. The average Bonchev–Trinajstić information content (AvgIpc) is 2.69. The van der Waals surface area contributed by atoms with Crippen molar-refractivity contribution in [3.63, 3.8) is 0 Å². The molecular weight excluding hydrogens is 276 g/mol. The average molecular weight is 294 g/mol. The predicted molar refractivity (Wildman–Crippen MR) is 79.6 cm³/mol. The Morgan fingerprint density at radius 1 is 1.20 bits per heavy atom. The van der Waals surface area contributed by atoms with Gasteiger partial charge in [0.15, 0.2) is 0 Å². The van der Waals surface area contributed by atoms with Crippen LogP contribution in [0.15, 0.2) is 29.2 Å². The van der Waals surface area contributed by atoms with Crippen molar-refractivity contribution in [1.82, 2.24) is 10.2 Å². The Hall–Kier alpha value is -2.02. The van der Waals surface area contributed by atoms with Crippen molar-refractivity contribution in [2.75, 3.05) is 23.7 Å². The van der Waals surface area contributed by atoms with Crippen LogP contribution in [0.5, 0.6) is 0 Å². The van der Waals surface area contributed by atoms with E-state index in [1.807, 2.05) is 31.1 Å². The smallest absolute Gasteiger partial charge is 0.265 e. The van der Waals surface area contributed by atoms with Gasteiger partial charge in [-0.3, -0.25) is 9.82 Å². The number of H-pyrrole nitrogens is 1. The summed E-state index contributed by atoms with van der Waals surface area (Å²) >= 11 is 0. The quantitative estimate of drug-likeness (QED) is 0.902. The molecular formula is C13H18N4O2S. The van der Waals surface area contributed by atoms with Crippen molar-refractivity contribution in [2.45, 2.75) is 18.7 Å².